The highest BCUT2D eigenvalue weighted by molar-refractivity contribution is 4.84. The van der Waals surface area contributed by atoms with Crippen molar-refractivity contribution < 1.29 is 5.11 Å². The van der Waals surface area contributed by atoms with E-state index >= 15 is 0 Å². The topological polar surface area (TPSA) is 46.2 Å². The van der Waals surface area contributed by atoms with Gasteiger partial charge in [-0.1, -0.05) is 6.92 Å². The summed E-state index contributed by atoms with van der Waals surface area (Å²) in [6.45, 7) is 2.08. The van der Waals surface area contributed by atoms with Crippen LogP contribution in [0.2, 0.25) is 0 Å². The van der Waals surface area contributed by atoms with Crippen LogP contribution in [0.3, 0.4) is 0 Å². The van der Waals surface area contributed by atoms with Crippen LogP contribution in [-0.2, 0) is 0 Å². The molecular weight excluding hydrogens is 102 g/mol. The zero-order chi connectivity index (χ0) is 6.15. The predicted molar refractivity (Wildman–Crippen MR) is 32.4 cm³/mol. The molecule has 0 aliphatic heterocycles. The smallest absolute Gasteiger partial charge is 0.0693 e. The largest absolute Gasteiger partial charge is 0.392 e. The Morgan fingerprint density at radius 1 is 1.50 bits per heavy atom. The van der Waals surface area contributed by atoms with Crippen molar-refractivity contribution in [1.29, 1.82) is 0 Å². The predicted octanol–water partition coefficient (Wildman–Crippen LogP) is 0.104. The van der Waals surface area contributed by atoms with E-state index in [-0.39, 0.29) is 12.1 Å². The number of rotatable bonds is 0. The van der Waals surface area contributed by atoms with E-state index in [9.17, 15) is 0 Å². The van der Waals surface area contributed by atoms with Gasteiger partial charge < -0.3 is 10.8 Å². The summed E-state index contributed by atoms with van der Waals surface area (Å²) >= 11 is 0. The normalized spacial score (nSPS) is 47.6. The third-order valence-corrected chi connectivity index (χ3v) is 2.02. The highest BCUT2D eigenvalue weighted by Gasteiger charge is 2.27. The van der Waals surface area contributed by atoms with E-state index in [1.165, 1.54) is 0 Å². The molecule has 0 saturated heterocycles. The fourth-order valence-corrected chi connectivity index (χ4v) is 1.20. The summed E-state index contributed by atoms with van der Waals surface area (Å²) in [5, 5.41) is 9.04. The van der Waals surface area contributed by atoms with Gasteiger partial charge in [-0.15, -0.1) is 0 Å². The second kappa shape index (κ2) is 2.03. The van der Waals surface area contributed by atoms with E-state index in [0.717, 1.165) is 12.8 Å². The highest BCUT2D eigenvalue weighted by atomic mass is 16.3. The highest BCUT2D eigenvalue weighted by Crippen LogP contribution is 2.23. The molecule has 48 valence electrons. The summed E-state index contributed by atoms with van der Waals surface area (Å²) in [7, 11) is 0. The molecule has 0 unspecified atom stereocenters. The first-order valence-corrected chi connectivity index (χ1v) is 3.15. The number of aliphatic hydroxyl groups is 1. The van der Waals surface area contributed by atoms with Gasteiger partial charge in [0.05, 0.1) is 6.10 Å². The Labute approximate surface area is 49.7 Å². The van der Waals surface area contributed by atoms with Crippen LogP contribution in [0.25, 0.3) is 0 Å². The van der Waals surface area contributed by atoms with Crippen LogP contribution >= 0.6 is 0 Å². The van der Waals surface area contributed by atoms with Crippen molar-refractivity contribution in [1.82, 2.24) is 0 Å². The van der Waals surface area contributed by atoms with Gasteiger partial charge in [-0.05, 0) is 18.8 Å². The molecule has 1 saturated carbocycles. The summed E-state index contributed by atoms with van der Waals surface area (Å²) in [6.07, 6.45) is 1.75. The maximum atomic E-state index is 9.04. The molecular formula is C6H13NO. The van der Waals surface area contributed by atoms with Crippen LogP contribution in [-0.4, -0.2) is 17.3 Å². The minimum Gasteiger partial charge on any atom is -0.392 e. The average Bonchev–Trinajstić information content (AvgIpc) is 1.98. The summed E-state index contributed by atoms with van der Waals surface area (Å²) in [5.41, 5.74) is 5.57. The molecule has 3 N–H and O–H groups in total. The Hall–Kier alpha value is -0.0800. The third kappa shape index (κ3) is 0.858. The molecule has 1 rings (SSSR count). The van der Waals surface area contributed by atoms with Gasteiger partial charge in [0.15, 0.2) is 0 Å². The fraction of sp³-hybridized carbons (Fsp3) is 1.00. The molecule has 0 amide bonds. The summed E-state index contributed by atoms with van der Waals surface area (Å²) < 4.78 is 0. The Bertz CT molecular complexity index is 74.6. The van der Waals surface area contributed by atoms with E-state index in [0.29, 0.717) is 5.92 Å². The molecule has 1 aliphatic rings. The van der Waals surface area contributed by atoms with E-state index < -0.39 is 0 Å². The van der Waals surface area contributed by atoms with E-state index in [1.807, 2.05) is 0 Å². The second-order valence-corrected chi connectivity index (χ2v) is 2.70. The van der Waals surface area contributed by atoms with Crippen LogP contribution in [0, 0.1) is 5.92 Å². The van der Waals surface area contributed by atoms with Gasteiger partial charge in [-0.25, -0.2) is 0 Å². The van der Waals surface area contributed by atoms with Gasteiger partial charge in [0.1, 0.15) is 0 Å². The molecule has 0 heterocycles. The average molecular weight is 115 g/mol. The van der Waals surface area contributed by atoms with Gasteiger partial charge >= 0.3 is 0 Å². The molecule has 0 aromatic rings. The Balaban J connectivity index is 2.44. The van der Waals surface area contributed by atoms with Crippen LogP contribution in [0.4, 0.5) is 0 Å². The minimum absolute atomic E-state index is 0.0370. The lowest BCUT2D eigenvalue weighted by atomic mass is 10.1. The first-order chi connectivity index (χ1) is 3.72. The first kappa shape index (κ1) is 6.05. The molecule has 0 spiro atoms. The molecule has 0 radical (unpaired) electrons. The van der Waals surface area contributed by atoms with Crippen LogP contribution in [0.1, 0.15) is 19.8 Å². The molecule has 1 aliphatic carbocycles. The van der Waals surface area contributed by atoms with Crippen LogP contribution in [0.5, 0.6) is 0 Å². The Morgan fingerprint density at radius 3 is 2.25 bits per heavy atom. The van der Waals surface area contributed by atoms with Crippen molar-refractivity contribution in [3.05, 3.63) is 0 Å². The van der Waals surface area contributed by atoms with Crippen molar-refractivity contribution in [2.75, 3.05) is 0 Å². The van der Waals surface area contributed by atoms with Gasteiger partial charge in [0.25, 0.3) is 0 Å². The molecule has 2 nitrogen and oxygen atoms in total. The number of nitrogens with two attached hydrogens (primary N) is 1. The monoisotopic (exact) mass is 115 g/mol. The third-order valence-electron chi connectivity index (χ3n) is 2.02. The molecule has 0 aromatic heterocycles. The van der Waals surface area contributed by atoms with E-state index in [2.05, 4.69) is 6.92 Å². The second-order valence-electron chi connectivity index (χ2n) is 2.70. The zero-order valence-corrected chi connectivity index (χ0v) is 5.17. The number of hydrogen-bond donors (Lipinski definition) is 2. The first-order valence-electron chi connectivity index (χ1n) is 3.15. The lowest BCUT2D eigenvalue weighted by molar-refractivity contribution is 0.158. The molecule has 0 aromatic carbocycles. The quantitative estimate of drug-likeness (QED) is 0.470. The lowest BCUT2D eigenvalue weighted by Gasteiger charge is -2.11. The summed E-state index contributed by atoms with van der Waals surface area (Å²) in [4.78, 5) is 0. The minimum atomic E-state index is -0.231. The van der Waals surface area contributed by atoms with Crippen LogP contribution in [0.15, 0.2) is 0 Å². The molecule has 8 heavy (non-hydrogen) atoms. The van der Waals surface area contributed by atoms with Crippen molar-refractivity contribution in [2.24, 2.45) is 11.7 Å². The zero-order valence-electron chi connectivity index (χ0n) is 5.17. The van der Waals surface area contributed by atoms with Gasteiger partial charge in [-0.3, -0.25) is 0 Å². The Morgan fingerprint density at radius 2 is 2.12 bits per heavy atom. The summed E-state index contributed by atoms with van der Waals surface area (Å²) in [6, 6.07) is 0.0370. The van der Waals surface area contributed by atoms with Crippen molar-refractivity contribution >= 4 is 0 Å². The Kier molecular flexibility index (Phi) is 1.54. The van der Waals surface area contributed by atoms with Crippen molar-refractivity contribution in [2.45, 2.75) is 31.9 Å². The standard InChI is InChI=1S/C6H13NO/c1-4-2-3-5(8)6(4)7/h4-6,8H,2-3,7H2,1H3/t4-,5+,6+/m1/s1. The van der Waals surface area contributed by atoms with Crippen LogP contribution < -0.4 is 5.73 Å². The van der Waals surface area contributed by atoms with Crippen molar-refractivity contribution in [3.8, 4) is 0 Å². The van der Waals surface area contributed by atoms with Gasteiger partial charge in [-0.2, -0.15) is 0 Å². The van der Waals surface area contributed by atoms with E-state index in [1.54, 1.807) is 0 Å². The SMILES string of the molecule is C[C@@H]1CC[C@H](O)[C@H]1N. The van der Waals surface area contributed by atoms with Gasteiger partial charge in [0.2, 0.25) is 0 Å². The molecule has 0 bridgehead atoms. The number of aliphatic hydroxyl groups excluding tert-OH is 1. The summed E-state index contributed by atoms with van der Waals surface area (Å²) in [5.74, 6) is 0.519. The lowest BCUT2D eigenvalue weighted by Crippen LogP contribution is -2.33. The molecule has 1 fully saturated rings. The van der Waals surface area contributed by atoms with E-state index in [4.69, 9.17) is 10.8 Å². The van der Waals surface area contributed by atoms with Gasteiger partial charge in [0, 0.05) is 6.04 Å². The maximum Gasteiger partial charge on any atom is 0.0693 e. The maximum absolute atomic E-state index is 9.04. The van der Waals surface area contributed by atoms with Crippen molar-refractivity contribution in [3.63, 3.8) is 0 Å². The molecule has 3 atom stereocenters. The molecule has 2 heteroatoms. The number of hydrogen-bond acceptors (Lipinski definition) is 2. The fourth-order valence-electron chi connectivity index (χ4n) is 1.20.